The predicted octanol–water partition coefficient (Wildman–Crippen LogP) is 3.66. The zero-order chi connectivity index (χ0) is 18.0. The normalized spacial score (nSPS) is 17.4. The van der Waals surface area contributed by atoms with Crippen molar-refractivity contribution in [1.29, 1.82) is 0 Å². The quantitative estimate of drug-likeness (QED) is 0.841. The van der Waals surface area contributed by atoms with Crippen LogP contribution in [-0.4, -0.2) is 29.8 Å². The van der Waals surface area contributed by atoms with E-state index in [1.165, 1.54) is 11.3 Å². The van der Waals surface area contributed by atoms with Crippen LogP contribution in [0.5, 0.6) is 0 Å². The number of nitrogens with one attached hydrogen (secondary N) is 1. The molecule has 1 aromatic carbocycles. The largest absolute Gasteiger partial charge is 0.337 e. The summed E-state index contributed by atoms with van der Waals surface area (Å²) in [5.74, 6) is -5.59. The fourth-order valence-corrected chi connectivity index (χ4v) is 3.48. The standard InChI is InChI=1S/C17H15F3N2O2S/c18-11-5-6-12(15(20)14(11)19)21-16(23)10-3-1-7-22(9-10)17(24)13-4-2-8-25-13/h2,4-6,8,10H,1,3,7,9H2,(H,21,23). The molecule has 2 aromatic rings. The molecule has 0 saturated carbocycles. The molecule has 2 heterocycles. The van der Waals surface area contributed by atoms with Gasteiger partial charge in [-0.2, -0.15) is 0 Å². The number of benzene rings is 1. The number of nitrogens with zero attached hydrogens (tertiary/aromatic N) is 1. The van der Waals surface area contributed by atoms with Gasteiger partial charge in [-0.3, -0.25) is 9.59 Å². The van der Waals surface area contributed by atoms with E-state index in [9.17, 15) is 22.8 Å². The lowest BCUT2D eigenvalue weighted by atomic mass is 9.97. The van der Waals surface area contributed by atoms with Gasteiger partial charge in [0.05, 0.1) is 16.5 Å². The highest BCUT2D eigenvalue weighted by Crippen LogP contribution is 2.24. The van der Waals surface area contributed by atoms with E-state index in [1.807, 2.05) is 0 Å². The Labute approximate surface area is 146 Å². The summed E-state index contributed by atoms with van der Waals surface area (Å²) in [7, 11) is 0. The van der Waals surface area contributed by atoms with Crippen molar-refractivity contribution in [3.8, 4) is 0 Å². The number of amides is 2. The molecule has 1 unspecified atom stereocenters. The molecule has 1 fully saturated rings. The number of halogens is 3. The average Bonchev–Trinajstić information content (AvgIpc) is 3.16. The van der Waals surface area contributed by atoms with E-state index >= 15 is 0 Å². The molecular formula is C17H15F3N2O2S. The number of carbonyl (C=O) groups is 2. The van der Waals surface area contributed by atoms with Crippen LogP contribution in [0.2, 0.25) is 0 Å². The Bertz CT molecular complexity index is 795. The Hall–Kier alpha value is -2.35. The molecule has 132 valence electrons. The van der Waals surface area contributed by atoms with Crippen molar-refractivity contribution in [3.63, 3.8) is 0 Å². The highest BCUT2D eigenvalue weighted by atomic mass is 32.1. The molecular weight excluding hydrogens is 353 g/mol. The number of carbonyl (C=O) groups excluding carboxylic acids is 2. The van der Waals surface area contributed by atoms with Gasteiger partial charge in [-0.05, 0) is 36.4 Å². The van der Waals surface area contributed by atoms with E-state index in [0.717, 1.165) is 12.1 Å². The van der Waals surface area contributed by atoms with Crippen LogP contribution in [0.15, 0.2) is 29.6 Å². The maximum atomic E-state index is 13.7. The number of thiophene rings is 1. The van der Waals surface area contributed by atoms with Crippen LogP contribution >= 0.6 is 11.3 Å². The summed E-state index contributed by atoms with van der Waals surface area (Å²) in [5, 5.41) is 4.09. The van der Waals surface area contributed by atoms with E-state index < -0.39 is 35.0 Å². The second-order valence-corrected chi connectivity index (χ2v) is 6.73. The first-order chi connectivity index (χ1) is 12.0. The summed E-state index contributed by atoms with van der Waals surface area (Å²) >= 11 is 1.32. The summed E-state index contributed by atoms with van der Waals surface area (Å²) in [6.45, 7) is 0.744. The van der Waals surface area contributed by atoms with Crippen LogP contribution in [0, 0.1) is 23.4 Å². The molecule has 25 heavy (non-hydrogen) atoms. The van der Waals surface area contributed by atoms with Gasteiger partial charge >= 0.3 is 0 Å². The molecule has 0 spiro atoms. The Balaban J connectivity index is 1.68. The summed E-state index contributed by atoms with van der Waals surface area (Å²) in [6, 6.07) is 5.22. The first-order valence-corrected chi connectivity index (χ1v) is 8.62. The molecule has 1 aliphatic heterocycles. The van der Waals surface area contributed by atoms with Crippen molar-refractivity contribution in [1.82, 2.24) is 4.90 Å². The van der Waals surface area contributed by atoms with Gasteiger partial charge in [0.15, 0.2) is 17.5 Å². The first-order valence-electron chi connectivity index (χ1n) is 7.74. The van der Waals surface area contributed by atoms with E-state index in [-0.39, 0.29) is 12.5 Å². The Morgan fingerprint density at radius 2 is 1.96 bits per heavy atom. The Morgan fingerprint density at radius 1 is 1.16 bits per heavy atom. The van der Waals surface area contributed by atoms with Crippen LogP contribution in [-0.2, 0) is 4.79 Å². The molecule has 1 atom stereocenters. The molecule has 4 nitrogen and oxygen atoms in total. The zero-order valence-electron chi connectivity index (χ0n) is 13.1. The zero-order valence-corrected chi connectivity index (χ0v) is 13.9. The minimum atomic E-state index is -1.63. The second-order valence-electron chi connectivity index (χ2n) is 5.78. The van der Waals surface area contributed by atoms with Crippen LogP contribution < -0.4 is 5.32 Å². The van der Waals surface area contributed by atoms with Gasteiger partial charge in [-0.25, -0.2) is 13.2 Å². The number of likely N-dealkylation sites (tertiary alicyclic amines) is 1. The van der Waals surface area contributed by atoms with E-state index in [1.54, 1.807) is 22.4 Å². The summed E-state index contributed by atoms with van der Waals surface area (Å²) in [4.78, 5) is 26.9. The van der Waals surface area contributed by atoms with Gasteiger partial charge in [0.2, 0.25) is 5.91 Å². The molecule has 0 radical (unpaired) electrons. The number of rotatable bonds is 3. The van der Waals surface area contributed by atoms with Crippen molar-refractivity contribution in [2.24, 2.45) is 5.92 Å². The predicted molar refractivity (Wildman–Crippen MR) is 87.9 cm³/mol. The topological polar surface area (TPSA) is 49.4 Å². The lowest BCUT2D eigenvalue weighted by Gasteiger charge is -2.31. The minimum absolute atomic E-state index is 0.147. The third kappa shape index (κ3) is 3.68. The van der Waals surface area contributed by atoms with Gasteiger partial charge < -0.3 is 10.2 Å². The maximum absolute atomic E-state index is 13.7. The Morgan fingerprint density at radius 3 is 2.68 bits per heavy atom. The molecule has 0 aliphatic carbocycles. The van der Waals surface area contributed by atoms with Crippen molar-refractivity contribution in [3.05, 3.63) is 52.0 Å². The molecule has 1 aromatic heterocycles. The highest BCUT2D eigenvalue weighted by molar-refractivity contribution is 7.12. The fourth-order valence-electron chi connectivity index (χ4n) is 2.79. The lowest BCUT2D eigenvalue weighted by molar-refractivity contribution is -0.121. The van der Waals surface area contributed by atoms with Crippen LogP contribution in [0.25, 0.3) is 0 Å². The van der Waals surface area contributed by atoms with Crippen LogP contribution in [0.4, 0.5) is 18.9 Å². The maximum Gasteiger partial charge on any atom is 0.263 e. The van der Waals surface area contributed by atoms with E-state index in [0.29, 0.717) is 24.3 Å². The molecule has 8 heteroatoms. The molecule has 3 rings (SSSR count). The minimum Gasteiger partial charge on any atom is -0.337 e. The molecule has 1 aliphatic rings. The van der Waals surface area contributed by atoms with Gasteiger partial charge in [-0.1, -0.05) is 6.07 Å². The third-order valence-corrected chi connectivity index (χ3v) is 4.96. The van der Waals surface area contributed by atoms with Crippen molar-refractivity contribution in [2.45, 2.75) is 12.8 Å². The molecule has 1 N–H and O–H groups in total. The summed E-state index contributed by atoms with van der Waals surface area (Å²) in [5.41, 5.74) is -0.411. The number of hydrogen-bond donors (Lipinski definition) is 1. The van der Waals surface area contributed by atoms with Gasteiger partial charge in [-0.15, -0.1) is 11.3 Å². The summed E-state index contributed by atoms with van der Waals surface area (Å²) < 4.78 is 39.9. The van der Waals surface area contributed by atoms with Gasteiger partial charge in [0.25, 0.3) is 5.91 Å². The van der Waals surface area contributed by atoms with Crippen LogP contribution in [0.3, 0.4) is 0 Å². The monoisotopic (exact) mass is 368 g/mol. The second kappa shape index (κ2) is 7.26. The van der Waals surface area contributed by atoms with E-state index in [2.05, 4.69) is 5.32 Å². The van der Waals surface area contributed by atoms with Crippen molar-refractivity contribution >= 4 is 28.8 Å². The number of anilines is 1. The molecule has 0 bridgehead atoms. The van der Waals surface area contributed by atoms with Crippen molar-refractivity contribution < 1.29 is 22.8 Å². The Kier molecular flexibility index (Phi) is 5.08. The SMILES string of the molecule is O=C(Nc1ccc(F)c(F)c1F)C1CCCN(C(=O)c2cccs2)C1. The fraction of sp³-hybridized carbons (Fsp3) is 0.294. The van der Waals surface area contributed by atoms with Gasteiger partial charge in [0.1, 0.15) is 0 Å². The first kappa shape index (κ1) is 17.5. The highest BCUT2D eigenvalue weighted by Gasteiger charge is 2.30. The van der Waals surface area contributed by atoms with Crippen molar-refractivity contribution in [2.75, 3.05) is 18.4 Å². The molecule has 2 amide bonds. The lowest BCUT2D eigenvalue weighted by Crippen LogP contribution is -2.43. The van der Waals surface area contributed by atoms with Crippen LogP contribution in [0.1, 0.15) is 22.5 Å². The average molecular weight is 368 g/mol. The third-order valence-electron chi connectivity index (χ3n) is 4.10. The van der Waals surface area contributed by atoms with E-state index in [4.69, 9.17) is 0 Å². The number of hydrogen-bond acceptors (Lipinski definition) is 3. The van der Waals surface area contributed by atoms with Gasteiger partial charge in [0, 0.05) is 13.1 Å². The molecule has 1 saturated heterocycles. The smallest absolute Gasteiger partial charge is 0.263 e. The summed E-state index contributed by atoms with van der Waals surface area (Å²) in [6.07, 6.45) is 1.17. The number of piperidine rings is 1.